The van der Waals surface area contributed by atoms with Crippen molar-refractivity contribution in [2.24, 2.45) is 62.4 Å². The predicted molar refractivity (Wildman–Crippen MR) is 184 cm³/mol. The van der Waals surface area contributed by atoms with E-state index in [-0.39, 0.29) is 51.7 Å². The number of fused-ring (bicyclic) bond motifs is 7. The van der Waals surface area contributed by atoms with Crippen LogP contribution in [0, 0.1) is 77.4 Å². The second-order valence-corrected chi connectivity index (χ2v) is 18.0. The number of esters is 2. The number of rotatable bonds is 6. The first-order chi connectivity index (χ1) is 21.9. The summed E-state index contributed by atoms with van der Waals surface area (Å²) >= 11 is 0. The lowest BCUT2D eigenvalue weighted by Crippen LogP contribution is -2.67. The van der Waals surface area contributed by atoms with Crippen LogP contribution in [0.25, 0.3) is 0 Å². The first kappa shape index (κ1) is 34.6. The van der Waals surface area contributed by atoms with E-state index >= 15 is 0 Å². The molecule has 1 aromatic heterocycles. The Morgan fingerprint density at radius 2 is 1.53 bits per heavy atom. The molecule has 0 aliphatic heterocycles. The highest BCUT2D eigenvalue weighted by Crippen LogP contribution is 2.77. The number of ether oxygens (including phenoxy) is 2. The lowest BCUT2D eigenvalue weighted by Gasteiger charge is -2.73. The van der Waals surface area contributed by atoms with Crippen LogP contribution in [0.4, 0.5) is 0 Å². The summed E-state index contributed by atoms with van der Waals surface area (Å²) in [6, 6.07) is 0. The number of hydrogen-bond donors (Lipinski definition) is 1. The van der Waals surface area contributed by atoms with E-state index < -0.39 is 0 Å². The van der Waals surface area contributed by atoms with Crippen LogP contribution < -0.4 is 5.73 Å². The third-order valence-electron chi connectivity index (χ3n) is 15.8. The summed E-state index contributed by atoms with van der Waals surface area (Å²) in [6.45, 7) is 25.4. The minimum Gasteiger partial charge on any atom is -0.461 e. The fraction of sp³-hybridized carbons (Fsp3) is 0.800. The first-order valence-electron chi connectivity index (χ1n) is 18.5. The molecule has 5 aliphatic rings. The molecule has 7 nitrogen and oxygen atoms in total. The quantitative estimate of drug-likeness (QED) is 0.246. The third-order valence-corrected chi connectivity index (χ3v) is 15.8. The van der Waals surface area contributed by atoms with Crippen LogP contribution in [0.5, 0.6) is 0 Å². The van der Waals surface area contributed by atoms with Crippen molar-refractivity contribution in [2.45, 2.75) is 133 Å². The second kappa shape index (κ2) is 11.7. The molecule has 0 saturated heterocycles. The maximum Gasteiger partial charge on any atom is 0.358 e. The third kappa shape index (κ3) is 5.05. The van der Waals surface area contributed by atoms with Gasteiger partial charge in [-0.15, -0.1) is 0 Å². The second-order valence-electron chi connectivity index (χ2n) is 18.0. The molecule has 47 heavy (non-hydrogen) atoms. The van der Waals surface area contributed by atoms with Crippen LogP contribution in [-0.4, -0.2) is 41.2 Å². The van der Waals surface area contributed by atoms with Crippen LogP contribution in [-0.2, 0) is 14.3 Å². The van der Waals surface area contributed by atoms with E-state index in [2.05, 4.69) is 58.1 Å². The predicted octanol–water partition coefficient (Wildman–Crippen LogP) is 8.09. The number of allylic oxidation sites excluding steroid dienone is 1. The molecular weight excluding hydrogens is 586 g/mol. The molecule has 1 aromatic rings. The van der Waals surface area contributed by atoms with Gasteiger partial charge < -0.3 is 15.2 Å². The molecule has 5 fully saturated rings. The Morgan fingerprint density at radius 1 is 0.830 bits per heavy atom. The number of carbonyl (C=O) groups excluding carboxylic acids is 2. The molecule has 7 heteroatoms. The van der Waals surface area contributed by atoms with Gasteiger partial charge in [-0.25, -0.2) is 9.78 Å². The van der Waals surface area contributed by atoms with E-state index in [1.54, 1.807) is 0 Å². The van der Waals surface area contributed by atoms with E-state index in [0.717, 1.165) is 43.5 Å². The van der Waals surface area contributed by atoms with Gasteiger partial charge in [-0.2, -0.15) is 0 Å². The lowest BCUT2D eigenvalue weighted by molar-refractivity contribution is -0.251. The maximum absolute atomic E-state index is 13.5. The van der Waals surface area contributed by atoms with Gasteiger partial charge in [-0.05, 0) is 138 Å². The van der Waals surface area contributed by atoms with Gasteiger partial charge in [0.2, 0.25) is 0 Å². The monoisotopic (exact) mass is 647 g/mol. The van der Waals surface area contributed by atoms with Crippen molar-refractivity contribution in [3.05, 3.63) is 34.9 Å². The molecule has 1 heterocycles. The summed E-state index contributed by atoms with van der Waals surface area (Å²) in [5, 5.41) is 0. The molecule has 0 spiro atoms. The Labute approximate surface area is 283 Å². The van der Waals surface area contributed by atoms with E-state index in [4.69, 9.17) is 15.2 Å². The molecular formula is C40H61N3O4. The van der Waals surface area contributed by atoms with Gasteiger partial charge in [-0.3, -0.25) is 9.78 Å². The van der Waals surface area contributed by atoms with Crippen LogP contribution in [0.3, 0.4) is 0 Å². The average Bonchev–Trinajstić information content (AvgIpc) is 3.39. The summed E-state index contributed by atoms with van der Waals surface area (Å²) in [5.41, 5.74) is 10.1. The average molecular weight is 648 g/mol. The van der Waals surface area contributed by atoms with Gasteiger partial charge in [-0.1, -0.05) is 46.8 Å². The van der Waals surface area contributed by atoms with Gasteiger partial charge in [0.05, 0.1) is 30.2 Å². The molecule has 10 atom stereocenters. The van der Waals surface area contributed by atoms with Gasteiger partial charge in [0.1, 0.15) is 6.10 Å². The fourth-order valence-electron chi connectivity index (χ4n) is 13.1. The van der Waals surface area contributed by atoms with E-state index in [1.807, 2.05) is 20.8 Å². The molecule has 6 rings (SSSR count). The van der Waals surface area contributed by atoms with Crippen molar-refractivity contribution < 1.29 is 19.1 Å². The Bertz CT molecular complexity index is 1450. The van der Waals surface area contributed by atoms with Crippen molar-refractivity contribution in [1.82, 2.24) is 9.97 Å². The standard InChI is InChI=1S/C40H61N3O4/c1-23(2)27-13-18-40(22-46-35(45)34-26(5)42-24(3)25(4)43-34)20-19-38(9)28(33(27)40)11-12-30-37(8)16-15-31(47-32(44)21-41)36(6,7)29(37)14-17-39(30,38)10/h27-31,33H,1,11-22,41H2,2-10H3/t27-,28+,29-,30+,31-,33+,37-,38+,39+,40+/m0/s1. The topological polar surface area (TPSA) is 104 Å². The minimum atomic E-state index is -0.337. The Balaban J connectivity index is 1.29. The van der Waals surface area contributed by atoms with E-state index in [0.29, 0.717) is 47.6 Å². The molecule has 0 radical (unpaired) electrons. The minimum absolute atomic E-state index is 0.0260. The van der Waals surface area contributed by atoms with Crippen molar-refractivity contribution in [3.8, 4) is 0 Å². The highest BCUT2D eigenvalue weighted by Gasteiger charge is 2.71. The summed E-state index contributed by atoms with van der Waals surface area (Å²) in [4.78, 5) is 34.9. The van der Waals surface area contributed by atoms with Gasteiger partial charge in [0, 0.05) is 10.8 Å². The number of aromatic nitrogens is 2. The van der Waals surface area contributed by atoms with Crippen molar-refractivity contribution in [3.63, 3.8) is 0 Å². The normalized spacial score (nSPS) is 41.9. The molecule has 0 aromatic carbocycles. The highest BCUT2D eigenvalue weighted by atomic mass is 16.5. The van der Waals surface area contributed by atoms with Crippen molar-refractivity contribution >= 4 is 11.9 Å². The van der Waals surface area contributed by atoms with Crippen LogP contribution in [0.15, 0.2) is 12.2 Å². The number of nitrogens with zero attached hydrogens (tertiary/aromatic N) is 2. The Hall–Kier alpha value is -2.28. The maximum atomic E-state index is 13.5. The first-order valence-corrected chi connectivity index (χ1v) is 18.5. The van der Waals surface area contributed by atoms with Gasteiger partial charge in [0.15, 0.2) is 5.69 Å². The van der Waals surface area contributed by atoms with Crippen molar-refractivity contribution in [2.75, 3.05) is 13.2 Å². The number of carbonyl (C=O) groups is 2. The van der Waals surface area contributed by atoms with E-state index in [9.17, 15) is 9.59 Å². The Morgan fingerprint density at radius 3 is 2.21 bits per heavy atom. The summed E-state index contributed by atoms with van der Waals surface area (Å²) in [7, 11) is 0. The fourth-order valence-corrected chi connectivity index (χ4v) is 13.1. The largest absolute Gasteiger partial charge is 0.461 e. The zero-order chi connectivity index (χ0) is 34.3. The van der Waals surface area contributed by atoms with Crippen LogP contribution in [0.2, 0.25) is 0 Å². The molecule has 0 unspecified atom stereocenters. The molecule has 5 saturated carbocycles. The molecule has 2 N–H and O–H groups in total. The van der Waals surface area contributed by atoms with Crippen molar-refractivity contribution in [1.29, 1.82) is 0 Å². The van der Waals surface area contributed by atoms with Crippen LogP contribution in [0.1, 0.15) is 133 Å². The molecule has 5 aliphatic carbocycles. The van der Waals surface area contributed by atoms with Crippen LogP contribution >= 0.6 is 0 Å². The number of aryl methyl sites for hydroxylation is 3. The zero-order valence-electron chi connectivity index (χ0n) is 30.8. The summed E-state index contributed by atoms with van der Waals surface area (Å²) < 4.78 is 12.2. The highest BCUT2D eigenvalue weighted by molar-refractivity contribution is 5.88. The molecule has 0 bridgehead atoms. The summed E-state index contributed by atoms with van der Waals surface area (Å²) in [6.07, 6.45) is 11.3. The number of hydrogen-bond acceptors (Lipinski definition) is 7. The smallest absolute Gasteiger partial charge is 0.358 e. The Kier molecular flexibility index (Phi) is 8.58. The zero-order valence-corrected chi connectivity index (χ0v) is 30.8. The van der Waals surface area contributed by atoms with Gasteiger partial charge in [0.25, 0.3) is 0 Å². The molecule has 0 amide bonds. The van der Waals surface area contributed by atoms with E-state index in [1.165, 1.54) is 37.7 Å². The molecule has 260 valence electrons. The summed E-state index contributed by atoms with van der Waals surface area (Å²) in [5.74, 6) is 2.00. The number of nitrogens with two attached hydrogens (primary N) is 1. The van der Waals surface area contributed by atoms with Gasteiger partial charge >= 0.3 is 11.9 Å². The lowest BCUT2D eigenvalue weighted by atomic mass is 9.32. The SMILES string of the molecule is C=C(C)[C@@H]1CC[C@]2(COC(=O)c3nc(C)c(C)nc3C)CC[C@]3(C)[C@H](CC[C@@H]4[C@@]5(C)CC[C@H](OC(=O)CN)C(C)(C)[C@@H]5CC[C@]43C)[C@@H]12.